The van der Waals surface area contributed by atoms with E-state index < -0.39 is 0 Å². The molecule has 1 saturated heterocycles. The van der Waals surface area contributed by atoms with E-state index >= 15 is 0 Å². The van der Waals surface area contributed by atoms with Crippen LogP contribution in [0.1, 0.15) is 44.8 Å². The molecule has 4 rings (SSSR count). The quantitative estimate of drug-likeness (QED) is 0.872. The molecule has 1 amide bonds. The highest BCUT2D eigenvalue weighted by molar-refractivity contribution is 6.01. The van der Waals surface area contributed by atoms with Gasteiger partial charge < -0.3 is 9.88 Å². The average molecular weight is 337 g/mol. The second kappa shape index (κ2) is 6.84. The fourth-order valence-electron chi connectivity index (χ4n) is 3.75. The minimum absolute atomic E-state index is 0.00319. The number of carbonyl (C=O) groups is 2. The molecule has 2 aliphatic rings. The molecule has 1 N–H and O–H groups in total. The number of ketones is 1. The summed E-state index contributed by atoms with van der Waals surface area (Å²) in [5.41, 5.74) is 3.81. The summed E-state index contributed by atoms with van der Waals surface area (Å²) in [6, 6.07) is 10.1. The van der Waals surface area contributed by atoms with Crippen LogP contribution < -0.4 is 0 Å². The smallest absolute Gasteiger partial charge is 0.270 e. The second-order valence-corrected chi connectivity index (χ2v) is 6.95. The van der Waals surface area contributed by atoms with Crippen LogP contribution in [-0.2, 0) is 13.0 Å². The highest BCUT2D eigenvalue weighted by atomic mass is 16.2. The monoisotopic (exact) mass is 337 g/mol. The number of carbonyl (C=O) groups excluding carboxylic acids is 2. The molecular weight excluding hydrogens is 314 g/mol. The number of hydrogen-bond acceptors (Lipinski definition) is 3. The first kappa shape index (κ1) is 16.1. The zero-order valence-electron chi connectivity index (χ0n) is 14.3. The number of likely N-dealkylation sites (tertiary alicyclic amines) is 1. The summed E-state index contributed by atoms with van der Waals surface area (Å²) in [4.78, 5) is 32.0. The largest absolute Gasteiger partial charge is 0.356 e. The first-order chi connectivity index (χ1) is 12.2. The van der Waals surface area contributed by atoms with Gasteiger partial charge in [-0.15, -0.1) is 0 Å². The van der Waals surface area contributed by atoms with Crippen LogP contribution in [0.5, 0.6) is 0 Å². The van der Waals surface area contributed by atoms with Crippen LogP contribution >= 0.6 is 0 Å². The molecule has 3 heterocycles. The highest BCUT2D eigenvalue weighted by Crippen LogP contribution is 2.19. The maximum absolute atomic E-state index is 12.6. The number of aromatic amines is 1. The summed E-state index contributed by atoms with van der Waals surface area (Å²) >= 11 is 0. The van der Waals surface area contributed by atoms with Crippen molar-refractivity contribution in [3.63, 3.8) is 0 Å². The molecule has 0 spiro atoms. The van der Waals surface area contributed by atoms with Crippen molar-refractivity contribution in [2.45, 2.75) is 25.8 Å². The van der Waals surface area contributed by atoms with Crippen molar-refractivity contribution in [3.8, 4) is 0 Å². The van der Waals surface area contributed by atoms with Gasteiger partial charge in [0.2, 0.25) is 0 Å². The van der Waals surface area contributed by atoms with E-state index in [1.165, 1.54) is 11.1 Å². The van der Waals surface area contributed by atoms with Crippen molar-refractivity contribution in [1.29, 1.82) is 0 Å². The summed E-state index contributed by atoms with van der Waals surface area (Å²) in [6.07, 6.45) is 4.78. The van der Waals surface area contributed by atoms with E-state index in [9.17, 15) is 9.59 Å². The molecule has 0 unspecified atom stereocenters. The molecule has 0 bridgehead atoms. The number of H-pyrrole nitrogens is 1. The van der Waals surface area contributed by atoms with E-state index in [0.29, 0.717) is 17.8 Å². The van der Waals surface area contributed by atoms with Crippen LogP contribution in [0, 0.1) is 0 Å². The molecule has 2 aliphatic heterocycles. The standard InChI is InChI=1S/C20H23N3O2/c24-19(14-22-10-7-15-5-1-2-6-16(15)13-22)17-11-18(21-12-17)20(25)23-8-3-4-9-23/h1-2,5-6,11-12,21H,3-4,7-10,13-14H2. The van der Waals surface area contributed by atoms with E-state index in [1.807, 2.05) is 11.0 Å². The Morgan fingerprint density at radius 3 is 2.60 bits per heavy atom. The van der Waals surface area contributed by atoms with Crippen molar-refractivity contribution in [2.75, 3.05) is 26.2 Å². The summed E-state index contributed by atoms with van der Waals surface area (Å²) in [7, 11) is 0. The van der Waals surface area contributed by atoms with Crippen LogP contribution in [0.3, 0.4) is 0 Å². The summed E-state index contributed by atoms with van der Waals surface area (Å²) in [5, 5.41) is 0. The van der Waals surface area contributed by atoms with Crippen molar-refractivity contribution < 1.29 is 9.59 Å². The third-order valence-corrected chi connectivity index (χ3v) is 5.21. The molecule has 130 valence electrons. The third kappa shape index (κ3) is 3.37. The number of hydrogen-bond donors (Lipinski definition) is 1. The van der Waals surface area contributed by atoms with Crippen LogP contribution in [-0.4, -0.2) is 52.7 Å². The first-order valence-electron chi connectivity index (χ1n) is 9.01. The fraction of sp³-hybridized carbons (Fsp3) is 0.400. The van der Waals surface area contributed by atoms with Gasteiger partial charge in [0.1, 0.15) is 5.69 Å². The number of fused-ring (bicyclic) bond motifs is 1. The number of nitrogens with one attached hydrogen (secondary N) is 1. The van der Waals surface area contributed by atoms with Gasteiger partial charge in [0, 0.05) is 37.9 Å². The van der Waals surface area contributed by atoms with E-state index in [4.69, 9.17) is 0 Å². The molecule has 0 aliphatic carbocycles. The number of rotatable bonds is 4. The van der Waals surface area contributed by atoms with Gasteiger partial charge in [-0.1, -0.05) is 24.3 Å². The Hall–Kier alpha value is -2.40. The summed E-state index contributed by atoms with van der Waals surface area (Å²) < 4.78 is 0. The lowest BCUT2D eigenvalue weighted by atomic mass is 9.99. The molecule has 0 saturated carbocycles. The lowest BCUT2D eigenvalue weighted by Crippen LogP contribution is -2.34. The Morgan fingerprint density at radius 2 is 1.80 bits per heavy atom. The van der Waals surface area contributed by atoms with E-state index in [-0.39, 0.29) is 11.7 Å². The molecule has 0 radical (unpaired) electrons. The zero-order chi connectivity index (χ0) is 17.2. The van der Waals surface area contributed by atoms with Gasteiger partial charge >= 0.3 is 0 Å². The molecule has 2 aromatic rings. The third-order valence-electron chi connectivity index (χ3n) is 5.21. The minimum Gasteiger partial charge on any atom is -0.356 e. The molecule has 1 aromatic carbocycles. The molecule has 0 atom stereocenters. The Labute approximate surface area is 147 Å². The number of Topliss-reactive ketones (excluding diaryl/α,β-unsaturated/α-hetero) is 1. The predicted molar refractivity (Wildman–Crippen MR) is 95.7 cm³/mol. The van der Waals surface area contributed by atoms with Gasteiger partial charge in [0.15, 0.2) is 5.78 Å². The van der Waals surface area contributed by atoms with Crippen LogP contribution in [0.2, 0.25) is 0 Å². The van der Waals surface area contributed by atoms with Crippen molar-refractivity contribution in [2.24, 2.45) is 0 Å². The first-order valence-corrected chi connectivity index (χ1v) is 9.01. The van der Waals surface area contributed by atoms with Gasteiger partial charge in [-0.05, 0) is 36.5 Å². The van der Waals surface area contributed by atoms with Gasteiger partial charge in [-0.3, -0.25) is 14.5 Å². The molecule has 25 heavy (non-hydrogen) atoms. The molecular formula is C20H23N3O2. The van der Waals surface area contributed by atoms with Crippen LogP contribution in [0.4, 0.5) is 0 Å². The number of benzene rings is 1. The second-order valence-electron chi connectivity index (χ2n) is 6.95. The average Bonchev–Trinajstić information content (AvgIpc) is 3.33. The maximum atomic E-state index is 12.6. The van der Waals surface area contributed by atoms with Crippen molar-refractivity contribution in [3.05, 3.63) is 58.9 Å². The zero-order valence-corrected chi connectivity index (χ0v) is 14.3. The SMILES string of the molecule is O=C(CN1CCc2ccccc2C1)c1c[nH]c(C(=O)N2CCCC2)c1. The van der Waals surface area contributed by atoms with E-state index in [2.05, 4.69) is 28.1 Å². The van der Waals surface area contributed by atoms with Crippen LogP contribution in [0.25, 0.3) is 0 Å². The predicted octanol–water partition coefficient (Wildman–Crippen LogP) is 2.49. The van der Waals surface area contributed by atoms with E-state index in [1.54, 1.807) is 12.3 Å². The van der Waals surface area contributed by atoms with Gasteiger partial charge in [0.25, 0.3) is 5.91 Å². The number of aromatic nitrogens is 1. The molecule has 1 aromatic heterocycles. The topological polar surface area (TPSA) is 56.4 Å². The summed E-state index contributed by atoms with van der Waals surface area (Å²) in [6.45, 7) is 3.73. The van der Waals surface area contributed by atoms with Crippen molar-refractivity contribution in [1.82, 2.24) is 14.8 Å². The highest BCUT2D eigenvalue weighted by Gasteiger charge is 2.23. The Kier molecular flexibility index (Phi) is 4.40. The van der Waals surface area contributed by atoms with Gasteiger partial charge in [-0.25, -0.2) is 0 Å². The number of nitrogens with zero attached hydrogens (tertiary/aromatic N) is 2. The lowest BCUT2D eigenvalue weighted by Gasteiger charge is -2.27. The fourth-order valence-corrected chi connectivity index (χ4v) is 3.75. The summed E-state index contributed by atoms with van der Waals surface area (Å²) in [5.74, 6) is 0.0690. The van der Waals surface area contributed by atoms with Crippen LogP contribution in [0.15, 0.2) is 36.5 Å². The Morgan fingerprint density at radius 1 is 1.04 bits per heavy atom. The van der Waals surface area contributed by atoms with Gasteiger partial charge in [-0.2, -0.15) is 0 Å². The van der Waals surface area contributed by atoms with Crippen molar-refractivity contribution >= 4 is 11.7 Å². The minimum atomic E-state index is 0.00319. The van der Waals surface area contributed by atoms with E-state index in [0.717, 1.165) is 45.4 Å². The molecule has 5 nitrogen and oxygen atoms in total. The molecule has 1 fully saturated rings. The Bertz CT molecular complexity index is 790. The van der Waals surface area contributed by atoms with Gasteiger partial charge in [0.05, 0.1) is 6.54 Å². The maximum Gasteiger partial charge on any atom is 0.270 e. The number of amides is 1. The normalized spacial score (nSPS) is 17.5. The Balaban J connectivity index is 1.40. The lowest BCUT2D eigenvalue weighted by molar-refractivity contribution is 0.0787. The molecule has 5 heteroatoms.